The lowest BCUT2D eigenvalue weighted by Gasteiger charge is -2.27. The molecule has 3 rings (SSSR count). The summed E-state index contributed by atoms with van der Waals surface area (Å²) in [4.78, 5) is 26.4. The number of nitrogens with zero attached hydrogens (tertiary/aromatic N) is 1. The third-order valence-corrected chi connectivity index (χ3v) is 5.04. The van der Waals surface area contributed by atoms with Gasteiger partial charge in [0.15, 0.2) is 0 Å². The van der Waals surface area contributed by atoms with Crippen LogP contribution >= 0.6 is 0 Å². The minimum atomic E-state index is -0.337. The zero-order valence-electron chi connectivity index (χ0n) is 14.0. The zero-order chi connectivity index (χ0) is 16.9. The van der Waals surface area contributed by atoms with Crippen LogP contribution in [0.1, 0.15) is 50.5 Å². The van der Waals surface area contributed by atoms with Gasteiger partial charge in [-0.15, -0.1) is 0 Å². The van der Waals surface area contributed by atoms with E-state index in [4.69, 9.17) is 0 Å². The molecule has 1 atom stereocenters. The molecule has 1 heterocycles. The van der Waals surface area contributed by atoms with E-state index in [0.717, 1.165) is 12.8 Å². The van der Waals surface area contributed by atoms with Gasteiger partial charge in [0.25, 0.3) is 0 Å². The number of carbonyl (C=O) groups excluding carboxylic acids is 2. The maximum absolute atomic E-state index is 13.2. The fraction of sp³-hybridized carbons (Fsp3) is 0.579. The highest BCUT2D eigenvalue weighted by Gasteiger charge is 2.34. The highest BCUT2D eigenvalue weighted by Crippen LogP contribution is 2.25. The number of carbonyl (C=O) groups is 2. The Morgan fingerprint density at radius 2 is 1.96 bits per heavy atom. The van der Waals surface area contributed by atoms with Crippen molar-refractivity contribution in [2.75, 3.05) is 6.54 Å². The van der Waals surface area contributed by atoms with Crippen LogP contribution in [-0.2, 0) is 16.0 Å². The summed E-state index contributed by atoms with van der Waals surface area (Å²) in [5.74, 6) is -0.338. The van der Waals surface area contributed by atoms with Gasteiger partial charge >= 0.3 is 0 Å². The molecule has 130 valence electrons. The van der Waals surface area contributed by atoms with Crippen LogP contribution in [0.3, 0.4) is 0 Å². The van der Waals surface area contributed by atoms with Crippen molar-refractivity contribution in [2.45, 2.75) is 63.5 Å². The third kappa shape index (κ3) is 4.34. The van der Waals surface area contributed by atoms with E-state index in [-0.39, 0.29) is 30.1 Å². The molecule has 24 heavy (non-hydrogen) atoms. The Bertz CT molecular complexity index is 597. The van der Waals surface area contributed by atoms with Crippen LogP contribution in [0.2, 0.25) is 0 Å². The molecule has 0 unspecified atom stereocenters. The maximum Gasteiger partial charge on any atom is 0.225 e. The number of benzene rings is 1. The Morgan fingerprint density at radius 1 is 1.21 bits per heavy atom. The average Bonchev–Trinajstić information content (AvgIpc) is 2.74. The quantitative estimate of drug-likeness (QED) is 0.862. The highest BCUT2D eigenvalue weighted by molar-refractivity contribution is 5.83. The second kappa shape index (κ2) is 7.77. The number of rotatable bonds is 4. The van der Waals surface area contributed by atoms with Crippen LogP contribution < -0.4 is 5.32 Å². The molecule has 2 amide bonds. The first-order chi connectivity index (χ1) is 11.6. The first kappa shape index (κ1) is 16.9. The summed E-state index contributed by atoms with van der Waals surface area (Å²) >= 11 is 0. The lowest BCUT2D eigenvalue weighted by Crippen LogP contribution is -2.41. The largest absolute Gasteiger partial charge is 0.351 e. The molecule has 1 saturated carbocycles. The summed E-state index contributed by atoms with van der Waals surface area (Å²) in [5, 5.41) is 2.94. The normalized spacial score (nSPS) is 22.5. The summed E-state index contributed by atoms with van der Waals surface area (Å²) in [6.45, 7) is 0.610. The summed E-state index contributed by atoms with van der Waals surface area (Å²) in [6, 6.07) is 6.29. The van der Waals surface area contributed by atoms with Crippen LogP contribution in [-0.4, -0.2) is 35.3 Å². The molecule has 2 fully saturated rings. The van der Waals surface area contributed by atoms with E-state index in [1.54, 1.807) is 12.1 Å². The predicted octanol–water partition coefficient (Wildman–Crippen LogP) is 2.81. The van der Waals surface area contributed by atoms with Gasteiger partial charge in [-0.3, -0.25) is 9.59 Å². The van der Waals surface area contributed by atoms with Gasteiger partial charge in [-0.1, -0.05) is 37.8 Å². The van der Waals surface area contributed by atoms with E-state index in [1.165, 1.54) is 37.8 Å². The molecule has 1 aliphatic carbocycles. The predicted molar refractivity (Wildman–Crippen MR) is 89.9 cm³/mol. The molecular formula is C19H25FN2O2. The molecule has 1 aromatic carbocycles. The van der Waals surface area contributed by atoms with Gasteiger partial charge in [0.2, 0.25) is 11.8 Å². The number of hydrogen-bond donors (Lipinski definition) is 1. The molecule has 5 heteroatoms. The van der Waals surface area contributed by atoms with Crippen LogP contribution in [0.4, 0.5) is 4.39 Å². The van der Waals surface area contributed by atoms with Crippen molar-refractivity contribution < 1.29 is 14.0 Å². The van der Waals surface area contributed by atoms with Crippen molar-refractivity contribution in [3.63, 3.8) is 0 Å². The van der Waals surface area contributed by atoms with Crippen LogP contribution in [0.15, 0.2) is 24.3 Å². The van der Waals surface area contributed by atoms with E-state index < -0.39 is 0 Å². The summed E-state index contributed by atoms with van der Waals surface area (Å²) in [5.41, 5.74) is 0.650. The first-order valence-electron chi connectivity index (χ1n) is 8.95. The van der Waals surface area contributed by atoms with E-state index in [0.29, 0.717) is 24.6 Å². The first-order valence-corrected chi connectivity index (χ1v) is 8.95. The SMILES string of the molecule is O=C(Cc1cccc(F)c1)N[C@H]1CC(=O)N(C2CCCCCC2)C1. The lowest BCUT2D eigenvalue weighted by atomic mass is 10.1. The van der Waals surface area contributed by atoms with Gasteiger partial charge in [0.05, 0.1) is 12.5 Å². The van der Waals surface area contributed by atoms with E-state index in [2.05, 4.69) is 5.32 Å². The molecule has 4 nitrogen and oxygen atoms in total. The molecule has 1 N–H and O–H groups in total. The molecule has 2 aliphatic rings. The number of halogens is 1. The summed E-state index contributed by atoms with van der Waals surface area (Å²) in [7, 11) is 0. The highest BCUT2D eigenvalue weighted by atomic mass is 19.1. The smallest absolute Gasteiger partial charge is 0.225 e. The average molecular weight is 332 g/mol. The summed E-state index contributed by atoms with van der Waals surface area (Å²) in [6.07, 6.45) is 7.57. The number of hydrogen-bond acceptors (Lipinski definition) is 2. The maximum atomic E-state index is 13.2. The van der Waals surface area contributed by atoms with E-state index >= 15 is 0 Å². The minimum absolute atomic E-state index is 0.123. The minimum Gasteiger partial charge on any atom is -0.351 e. The number of nitrogens with one attached hydrogen (secondary N) is 1. The van der Waals surface area contributed by atoms with Crippen molar-refractivity contribution in [3.8, 4) is 0 Å². The van der Waals surface area contributed by atoms with Crippen molar-refractivity contribution in [3.05, 3.63) is 35.6 Å². The number of amides is 2. The van der Waals surface area contributed by atoms with E-state index in [9.17, 15) is 14.0 Å². The lowest BCUT2D eigenvalue weighted by molar-refractivity contribution is -0.129. The third-order valence-electron chi connectivity index (χ3n) is 5.04. The summed E-state index contributed by atoms with van der Waals surface area (Å²) < 4.78 is 13.2. The van der Waals surface area contributed by atoms with Gasteiger partial charge in [0.1, 0.15) is 5.82 Å². The van der Waals surface area contributed by atoms with Crippen molar-refractivity contribution in [1.29, 1.82) is 0 Å². The van der Waals surface area contributed by atoms with Gasteiger partial charge in [-0.05, 0) is 30.5 Å². The molecule has 1 aromatic rings. The molecular weight excluding hydrogens is 307 g/mol. The molecule has 0 spiro atoms. The molecule has 0 bridgehead atoms. The van der Waals surface area contributed by atoms with Crippen LogP contribution in [0, 0.1) is 5.82 Å². The Balaban J connectivity index is 1.52. The second-order valence-electron chi connectivity index (χ2n) is 6.97. The Labute approximate surface area is 142 Å². The van der Waals surface area contributed by atoms with Gasteiger partial charge in [-0.25, -0.2) is 4.39 Å². The fourth-order valence-electron chi connectivity index (χ4n) is 3.86. The topological polar surface area (TPSA) is 49.4 Å². The zero-order valence-corrected chi connectivity index (χ0v) is 14.0. The van der Waals surface area contributed by atoms with Gasteiger partial charge in [0, 0.05) is 19.0 Å². The Hall–Kier alpha value is -1.91. The second-order valence-corrected chi connectivity index (χ2v) is 6.97. The van der Waals surface area contributed by atoms with Crippen molar-refractivity contribution in [2.24, 2.45) is 0 Å². The molecule has 0 aromatic heterocycles. The molecule has 1 aliphatic heterocycles. The van der Waals surface area contributed by atoms with Crippen molar-refractivity contribution >= 4 is 11.8 Å². The van der Waals surface area contributed by atoms with Gasteiger partial charge in [-0.2, -0.15) is 0 Å². The molecule has 0 radical (unpaired) electrons. The standard InChI is InChI=1S/C19H25FN2O2/c20-15-7-5-6-14(10-15)11-18(23)21-16-12-19(24)22(13-16)17-8-3-1-2-4-9-17/h5-7,10,16-17H,1-4,8-9,11-13H2,(H,21,23)/t16-/m0/s1. The number of likely N-dealkylation sites (tertiary alicyclic amines) is 1. The van der Waals surface area contributed by atoms with Crippen LogP contribution in [0.5, 0.6) is 0 Å². The van der Waals surface area contributed by atoms with Crippen LogP contribution in [0.25, 0.3) is 0 Å². The monoisotopic (exact) mass is 332 g/mol. The Kier molecular flexibility index (Phi) is 5.48. The molecule has 1 saturated heterocycles. The van der Waals surface area contributed by atoms with Crippen molar-refractivity contribution in [1.82, 2.24) is 10.2 Å². The van der Waals surface area contributed by atoms with E-state index in [1.807, 2.05) is 4.90 Å². The Morgan fingerprint density at radius 3 is 2.67 bits per heavy atom. The fourth-order valence-corrected chi connectivity index (χ4v) is 3.86. The van der Waals surface area contributed by atoms with Gasteiger partial charge < -0.3 is 10.2 Å².